The van der Waals surface area contributed by atoms with Crippen LogP contribution in [0.25, 0.3) is 0 Å². The lowest BCUT2D eigenvalue weighted by Crippen LogP contribution is -2.44. The van der Waals surface area contributed by atoms with Crippen LogP contribution in [0.4, 0.5) is 5.69 Å². The molecule has 4 rings (SSSR count). The van der Waals surface area contributed by atoms with Gasteiger partial charge in [0.15, 0.2) is 0 Å². The maximum Gasteiger partial charge on any atom is 0.264 e. The molecule has 6 nitrogen and oxygen atoms in total. The molecule has 1 heterocycles. The molecular weight excluding hydrogens is 460 g/mol. The first kappa shape index (κ1) is 24.8. The molecule has 0 saturated heterocycles. The summed E-state index contributed by atoms with van der Waals surface area (Å²) in [6.45, 7) is 6.11. The van der Waals surface area contributed by atoms with Gasteiger partial charge >= 0.3 is 0 Å². The number of hydrogen-bond acceptors (Lipinski definition) is 4. The molecule has 1 aliphatic rings. The summed E-state index contributed by atoms with van der Waals surface area (Å²) in [6, 6.07) is 21.0. The molecule has 3 aromatic carbocycles. The molecule has 1 N–H and O–H groups in total. The van der Waals surface area contributed by atoms with Crippen molar-refractivity contribution in [2.45, 2.75) is 56.6 Å². The Kier molecular flexibility index (Phi) is 6.90. The van der Waals surface area contributed by atoms with E-state index in [4.69, 9.17) is 4.74 Å². The number of carbonyl (C=O) groups excluding carboxylic acids is 1. The van der Waals surface area contributed by atoms with Gasteiger partial charge in [-0.05, 0) is 56.2 Å². The zero-order valence-electron chi connectivity index (χ0n) is 20.6. The van der Waals surface area contributed by atoms with Crippen molar-refractivity contribution >= 4 is 21.6 Å². The third kappa shape index (κ3) is 4.91. The van der Waals surface area contributed by atoms with Crippen LogP contribution in [0.1, 0.15) is 60.6 Å². The first-order valence-corrected chi connectivity index (χ1v) is 13.4. The Morgan fingerprint density at radius 1 is 1.03 bits per heavy atom. The van der Waals surface area contributed by atoms with Gasteiger partial charge < -0.3 is 10.1 Å². The van der Waals surface area contributed by atoms with Crippen molar-refractivity contribution in [1.29, 1.82) is 0 Å². The quantitative estimate of drug-likeness (QED) is 0.464. The normalized spacial score (nSPS) is 16.6. The maximum absolute atomic E-state index is 13.3. The molecule has 3 aromatic rings. The van der Waals surface area contributed by atoms with E-state index in [1.165, 1.54) is 11.4 Å². The van der Waals surface area contributed by atoms with Crippen LogP contribution in [0.3, 0.4) is 0 Å². The van der Waals surface area contributed by atoms with Gasteiger partial charge in [-0.15, -0.1) is 0 Å². The Morgan fingerprint density at radius 3 is 2.40 bits per heavy atom. The number of nitrogens with zero attached hydrogens (tertiary/aromatic N) is 1. The van der Waals surface area contributed by atoms with Crippen molar-refractivity contribution < 1.29 is 17.9 Å². The number of nitrogens with one attached hydrogen (secondary N) is 1. The molecule has 35 heavy (non-hydrogen) atoms. The van der Waals surface area contributed by atoms with Crippen molar-refractivity contribution in [3.63, 3.8) is 0 Å². The second kappa shape index (κ2) is 9.74. The number of benzene rings is 3. The molecule has 0 aromatic heterocycles. The number of amides is 1. The number of ether oxygens (including phenoxy) is 1. The number of para-hydroxylation sites is 1. The molecular formula is C28H32N2O4S. The molecule has 1 atom stereocenters. The second-order valence-electron chi connectivity index (χ2n) is 9.10. The van der Waals surface area contributed by atoms with Crippen LogP contribution in [-0.4, -0.2) is 27.0 Å². The molecule has 0 bridgehead atoms. The fourth-order valence-corrected chi connectivity index (χ4v) is 5.71. The van der Waals surface area contributed by atoms with Gasteiger partial charge in [-0.25, -0.2) is 8.42 Å². The predicted molar refractivity (Wildman–Crippen MR) is 138 cm³/mol. The summed E-state index contributed by atoms with van der Waals surface area (Å²) in [5, 5.41) is 3.17. The lowest BCUT2D eigenvalue weighted by molar-refractivity contribution is 0.0227. The minimum Gasteiger partial charge on any atom is -0.487 e. The fourth-order valence-electron chi connectivity index (χ4n) is 4.52. The molecule has 0 unspecified atom stereocenters. The summed E-state index contributed by atoms with van der Waals surface area (Å²) in [7, 11) is -2.26. The number of fused-ring (bicyclic) bond motifs is 1. The number of rotatable bonds is 7. The monoisotopic (exact) mass is 492 g/mol. The van der Waals surface area contributed by atoms with E-state index >= 15 is 0 Å². The average molecular weight is 493 g/mol. The minimum absolute atomic E-state index is 0.203. The highest BCUT2D eigenvalue weighted by Crippen LogP contribution is 2.42. The van der Waals surface area contributed by atoms with Gasteiger partial charge in [-0.1, -0.05) is 55.8 Å². The number of anilines is 1. The van der Waals surface area contributed by atoms with Gasteiger partial charge in [0.05, 0.1) is 16.6 Å². The zero-order valence-corrected chi connectivity index (χ0v) is 21.4. The van der Waals surface area contributed by atoms with E-state index in [0.717, 1.165) is 29.7 Å². The zero-order chi connectivity index (χ0) is 25.2. The van der Waals surface area contributed by atoms with E-state index in [1.807, 2.05) is 31.2 Å². The van der Waals surface area contributed by atoms with Crippen LogP contribution in [-0.2, 0) is 10.0 Å². The first-order valence-electron chi connectivity index (χ1n) is 11.9. The predicted octanol–water partition coefficient (Wildman–Crippen LogP) is 5.63. The van der Waals surface area contributed by atoms with Crippen molar-refractivity contribution in [3.05, 3.63) is 89.5 Å². The van der Waals surface area contributed by atoms with Crippen molar-refractivity contribution in [2.75, 3.05) is 11.4 Å². The molecule has 1 aliphatic heterocycles. The third-order valence-electron chi connectivity index (χ3n) is 6.94. The fraction of sp³-hybridized carbons (Fsp3) is 0.321. The number of hydrogen-bond donors (Lipinski definition) is 1. The minimum atomic E-state index is -3.76. The van der Waals surface area contributed by atoms with Gasteiger partial charge in [0.2, 0.25) is 0 Å². The summed E-state index contributed by atoms with van der Waals surface area (Å²) < 4.78 is 33.8. The Morgan fingerprint density at radius 2 is 1.71 bits per heavy atom. The van der Waals surface area contributed by atoms with Crippen LogP contribution < -0.4 is 14.4 Å². The maximum atomic E-state index is 13.3. The van der Waals surface area contributed by atoms with Crippen LogP contribution in [0.15, 0.2) is 77.7 Å². The Balaban J connectivity index is 1.59. The highest BCUT2D eigenvalue weighted by molar-refractivity contribution is 7.92. The Labute approximate surface area is 208 Å². The van der Waals surface area contributed by atoms with Crippen LogP contribution >= 0.6 is 0 Å². The molecule has 0 saturated carbocycles. The standard InChI is InChI=1S/C28H32N2O4S/c1-5-28(6-2)19-25(24-12-7-8-13-26(24)34-28)29-27(31)21-10-9-11-22(18-21)30(4)35(32,33)23-16-14-20(3)15-17-23/h7-18,25H,5-6,19H2,1-4H3,(H,29,31)/t25-/m0/s1. The molecule has 0 fully saturated rings. The van der Waals surface area contributed by atoms with E-state index in [0.29, 0.717) is 17.7 Å². The Bertz CT molecular complexity index is 1310. The molecule has 1 amide bonds. The molecule has 0 spiro atoms. The van der Waals surface area contributed by atoms with Gasteiger partial charge in [0, 0.05) is 24.6 Å². The number of aryl methyl sites for hydroxylation is 1. The number of sulfonamides is 1. The summed E-state index contributed by atoms with van der Waals surface area (Å²) in [4.78, 5) is 13.5. The summed E-state index contributed by atoms with van der Waals surface area (Å²) in [6.07, 6.45) is 2.34. The first-order chi connectivity index (χ1) is 16.7. The summed E-state index contributed by atoms with van der Waals surface area (Å²) in [5.41, 5.74) is 2.41. The van der Waals surface area contributed by atoms with Crippen LogP contribution in [0, 0.1) is 6.92 Å². The smallest absolute Gasteiger partial charge is 0.264 e. The molecule has 0 aliphatic carbocycles. The van der Waals surface area contributed by atoms with Gasteiger partial charge in [0.25, 0.3) is 15.9 Å². The van der Waals surface area contributed by atoms with Crippen molar-refractivity contribution in [3.8, 4) is 5.75 Å². The molecule has 7 heteroatoms. The lowest BCUT2D eigenvalue weighted by atomic mass is 9.83. The van der Waals surface area contributed by atoms with Gasteiger partial charge in [0.1, 0.15) is 11.4 Å². The summed E-state index contributed by atoms with van der Waals surface area (Å²) in [5.74, 6) is 0.543. The topological polar surface area (TPSA) is 75.7 Å². The highest BCUT2D eigenvalue weighted by Gasteiger charge is 2.39. The molecule has 184 valence electrons. The average Bonchev–Trinajstić information content (AvgIpc) is 2.88. The van der Waals surface area contributed by atoms with E-state index in [-0.39, 0.29) is 22.4 Å². The lowest BCUT2D eigenvalue weighted by Gasteiger charge is -2.41. The largest absolute Gasteiger partial charge is 0.487 e. The summed E-state index contributed by atoms with van der Waals surface area (Å²) >= 11 is 0. The highest BCUT2D eigenvalue weighted by atomic mass is 32.2. The number of carbonyl (C=O) groups is 1. The SMILES string of the molecule is CCC1(CC)C[C@H](NC(=O)c2cccc(N(C)S(=O)(=O)c3ccc(C)cc3)c2)c2ccccc2O1. The second-order valence-corrected chi connectivity index (χ2v) is 11.1. The molecule has 0 radical (unpaired) electrons. The van der Waals surface area contributed by atoms with E-state index in [9.17, 15) is 13.2 Å². The Hall–Kier alpha value is -3.32. The van der Waals surface area contributed by atoms with Crippen molar-refractivity contribution in [2.24, 2.45) is 0 Å². The van der Waals surface area contributed by atoms with Crippen LogP contribution in [0.5, 0.6) is 5.75 Å². The van der Waals surface area contributed by atoms with Gasteiger partial charge in [-0.2, -0.15) is 0 Å². The van der Waals surface area contributed by atoms with Crippen molar-refractivity contribution in [1.82, 2.24) is 5.32 Å². The van der Waals surface area contributed by atoms with Crippen LogP contribution in [0.2, 0.25) is 0 Å². The van der Waals surface area contributed by atoms with E-state index < -0.39 is 10.0 Å². The third-order valence-corrected chi connectivity index (χ3v) is 8.74. The van der Waals surface area contributed by atoms with E-state index in [1.54, 1.807) is 48.5 Å². The van der Waals surface area contributed by atoms with E-state index in [2.05, 4.69) is 19.2 Å². The van der Waals surface area contributed by atoms with Gasteiger partial charge in [-0.3, -0.25) is 9.10 Å².